The molecule has 1 aromatic heterocycles. The Morgan fingerprint density at radius 1 is 0.647 bits per heavy atom. The van der Waals surface area contributed by atoms with Gasteiger partial charge in [0.2, 0.25) is 0 Å². The van der Waals surface area contributed by atoms with Crippen LogP contribution in [0.1, 0.15) is 0 Å². The van der Waals surface area contributed by atoms with Gasteiger partial charge in [-0.3, -0.25) is 0 Å². The van der Waals surface area contributed by atoms with Crippen molar-refractivity contribution in [2.75, 3.05) is 0 Å². The molecule has 1 aromatic carbocycles. The first kappa shape index (κ1) is 13.2. The van der Waals surface area contributed by atoms with Crippen molar-refractivity contribution >= 4 is 58.0 Å². The van der Waals surface area contributed by atoms with Gasteiger partial charge in [0, 0.05) is 12.4 Å². The van der Waals surface area contributed by atoms with E-state index in [0.717, 1.165) is 0 Å². The second-order valence-electron chi connectivity index (χ2n) is 3.02. The summed E-state index contributed by atoms with van der Waals surface area (Å²) in [5.41, 5.74) is 0.369. The molecule has 0 saturated heterocycles. The summed E-state index contributed by atoms with van der Waals surface area (Å²) in [4.78, 5) is 8.08. The molecule has 0 spiro atoms. The van der Waals surface area contributed by atoms with Gasteiger partial charge in [-0.15, -0.1) is 0 Å². The summed E-state index contributed by atoms with van der Waals surface area (Å²) in [7, 11) is 0. The highest BCUT2D eigenvalue weighted by Gasteiger charge is 2.21. The highest BCUT2D eigenvalue weighted by atomic mass is 35.5. The first-order valence-electron chi connectivity index (χ1n) is 4.33. The molecule has 2 rings (SSSR count). The predicted octanol–water partition coefficient (Wildman–Crippen LogP) is 5.41. The van der Waals surface area contributed by atoms with E-state index >= 15 is 0 Å². The lowest BCUT2D eigenvalue weighted by molar-refractivity contribution is 1.18. The minimum absolute atomic E-state index is 0.114. The van der Waals surface area contributed by atoms with Crippen molar-refractivity contribution in [1.29, 1.82) is 0 Å². The molecule has 0 N–H and O–H groups in total. The number of rotatable bonds is 1. The lowest BCUT2D eigenvalue weighted by atomic mass is 10.2. The van der Waals surface area contributed by atoms with E-state index in [2.05, 4.69) is 9.97 Å². The molecule has 0 aliphatic carbocycles. The van der Waals surface area contributed by atoms with Crippen molar-refractivity contribution in [3.8, 4) is 11.4 Å². The molecule has 2 aromatic rings. The Morgan fingerprint density at radius 3 is 1.53 bits per heavy atom. The molecular weight excluding hydrogens is 325 g/mol. The smallest absolute Gasteiger partial charge is 0.162 e. The highest BCUT2D eigenvalue weighted by molar-refractivity contribution is 6.56. The van der Waals surface area contributed by atoms with Crippen LogP contribution in [0.4, 0.5) is 0 Å². The fourth-order valence-corrected chi connectivity index (χ4v) is 2.54. The second-order valence-corrected chi connectivity index (χ2v) is 4.91. The molecule has 0 radical (unpaired) electrons. The molecule has 0 unspecified atom stereocenters. The van der Waals surface area contributed by atoms with Crippen LogP contribution in [0.5, 0.6) is 0 Å². The minimum Gasteiger partial charge on any atom is -0.236 e. The average molecular weight is 328 g/mol. The van der Waals surface area contributed by atoms with Crippen molar-refractivity contribution < 1.29 is 0 Å². The van der Waals surface area contributed by atoms with Crippen LogP contribution in [0, 0.1) is 0 Å². The normalized spacial score (nSPS) is 10.6. The van der Waals surface area contributed by atoms with E-state index in [9.17, 15) is 0 Å². The van der Waals surface area contributed by atoms with E-state index in [4.69, 9.17) is 58.0 Å². The zero-order valence-corrected chi connectivity index (χ0v) is 11.8. The van der Waals surface area contributed by atoms with Crippen molar-refractivity contribution in [2.24, 2.45) is 0 Å². The molecule has 0 aliphatic rings. The van der Waals surface area contributed by atoms with E-state index in [-0.39, 0.29) is 25.1 Å². The molecule has 0 bridgehead atoms. The van der Waals surface area contributed by atoms with Crippen LogP contribution in [0.25, 0.3) is 11.4 Å². The lowest BCUT2D eigenvalue weighted by Gasteiger charge is -2.10. The maximum Gasteiger partial charge on any atom is 0.162 e. The Bertz CT molecular complexity index is 542. The van der Waals surface area contributed by atoms with Crippen LogP contribution >= 0.6 is 58.0 Å². The standard InChI is InChI=1S/C10H3Cl5N2/c11-5-4(10-16-2-1-3-17-10)6(12)8(14)9(15)7(5)13/h1-3H. The zero-order valence-electron chi connectivity index (χ0n) is 8.02. The number of halogens is 5. The van der Waals surface area contributed by atoms with E-state index < -0.39 is 0 Å². The van der Waals surface area contributed by atoms with Crippen LogP contribution in [-0.2, 0) is 0 Å². The van der Waals surface area contributed by atoms with Gasteiger partial charge in [0.1, 0.15) is 0 Å². The van der Waals surface area contributed by atoms with Gasteiger partial charge in [0.05, 0.1) is 30.7 Å². The fourth-order valence-electron chi connectivity index (χ4n) is 1.23. The highest BCUT2D eigenvalue weighted by Crippen LogP contribution is 2.47. The summed E-state index contributed by atoms with van der Waals surface area (Å²) in [5.74, 6) is 0.336. The largest absolute Gasteiger partial charge is 0.236 e. The molecule has 0 aliphatic heterocycles. The zero-order chi connectivity index (χ0) is 12.6. The Morgan fingerprint density at radius 2 is 1.06 bits per heavy atom. The minimum atomic E-state index is 0.114. The molecule has 0 atom stereocenters. The predicted molar refractivity (Wildman–Crippen MR) is 72.5 cm³/mol. The summed E-state index contributed by atoms with van der Waals surface area (Å²) < 4.78 is 0. The average Bonchev–Trinajstić information content (AvgIpc) is 2.36. The van der Waals surface area contributed by atoms with Crippen LogP contribution in [-0.4, -0.2) is 9.97 Å². The first-order valence-corrected chi connectivity index (χ1v) is 6.22. The van der Waals surface area contributed by atoms with Crippen molar-refractivity contribution in [3.63, 3.8) is 0 Å². The van der Waals surface area contributed by atoms with E-state index in [1.54, 1.807) is 18.5 Å². The molecule has 0 saturated carbocycles. The molecular formula is C10H3Cl5N2. The second kappa shape index (κ2) is 5.17. The Balaban J connectivity index is 2.80. The number of hydrogen-bond donors (Lipinski definition) is 0. The van der Waals surface area contributed by atoms with Crippen LogP contribution in [0.15, 0.2) is 18.5 Å². The fraction of sp³-hybridized carbons (Fsp3) is 0. The van der Waals surface area contributed by atoms with Gasteiger partial charge in [-0.05, 0) is 6.07 Å². The number of benzene rings is 1. The molecule has 17 heavy (non-hydrogen) atoms. The summed E-state index contributed by atoms with van der Waals surface area (Å²) in [6.45, 7) is 0. The molecule has 0 fully saturated rings. The number of aromatic nitrogens is 2. The van der Waals surface area contributed by atoms with Crippen LogP contribution in [0.2, 0.25) is 25.1 Å². The van der Waals surface area contributed by atoms with Crippen LogP contribution < -0.4 is 0 Å². The van der Waals surface area contributed by atoms with Gasteiger partial charge in [-0.1, -0.05) is 58.0 Å². The lowest BCUT2D eigenvalue weighted by Crippen LogP contribution is -1.91. The Hall–Kier alpha value is -0.250. The van der Waals surface area contributed by atoms with Gasteiger partial charge in [0.25, 0.3) is 0 Å². The third-order valence-electron chi connectivity index (χ3n) is 2.00. The molecule has 2 nitrogen and oxygen atoms in total. The van der Waals surface area contributed by atoms with E-state index in [1.807, 2.05) is 0 Å². The van der Waals surface area contributed by atoms with Gasteiger partial charge >= 0.3 is 0 Å². The van der Waals surface area contributed by atoms with Crippen LogP contribution in [0.3, 0.4) is 0 Å². The van der Waals surface area contributed by atoms with Gasteiger partial charge in [-0.25, -0.2) is 9.97 Å². The van der Waals surface area contributed by atoms with Crippen molar-refractivity contribution in [1.82, 2.24) is 9.97 Å². The molecule has 0 amide bonds. The third kappa shape index (κ3) is 2.33. The number of hydrogen-bond acceptors (Lipinski definition) is 2. The van der Waals surface area contributed by atoms with Crippen molar-refractivity contribution in [2.45, 2.75) is 0 Å². The van der Waals surface area contributed by atoms with Gasteiger partial charge < -0.3 is 0 Å². The van der Waals surface area contributed by atoms with Gasteiger partial charge in [0.15, 0.2) is 5.82 Å². The summed E-state index contributed by atoms with van der Waals surface area (Å²) in [6, 6.07) is 1.67. The Kier molecular flexibility index (Phi) is 4.01. The molecule has 1 heterocycles. The van der Waals surface area contributed by atoms with E-state index in [0.29, 0.717) is 11.4 Å². The summed E-state index contributed by atoms with van der Waals surface area (Å²) in [6.07, 6.45) is 3.12. The summed E-state index contributed by atoms with van der Waals surface area (Å²) >= 11 is 29.9. The van der Waals surface area contributed by atoms with Crippen molar-refractivity contribution in [3.05, 3.63) is 43.6 Å². The third-order valence-corrected chi connectivity index (χ3v) is 4.28. The molecule has 88 valence electrons. The first-order chi connectivity index (χ1) is 8.04. The van der Waals surface area contributed by atoms with Gasteiger partial charge in [-0.2, -0.15) is 0 Å². The maximum atomic E-state index is 6.07. The summed E-state index contributed by atoms with van der Waals surface area (Å²) in [5, 5.41) is 0.730. The SMILES string of the molecule is Clc1c(Cl)c(Cl)c(-c2ncccn2)c(Cl)c1Cl. The molecule has 7 heteroatoms. The quantitative estimate of drug-likeness (QED) is 0.516. The Labute approximate surface area is 122 Å². The van der Waals surface area contributed by atoms with E-state index in [1.165, 1.54) is 0 Å². The topological polar surface area (TPSA) is 25.8 Å². The maximum absolute atomic E-state index is 6.07. The number of nitrogens with zero attached hydrogens (tertiary/aromatic N) is 2. The monoisotopic (exact) mass is 326 g/mol.